The summed E-state index contributed by atoms with van der Waals surface area (Å²) in [4.78, 5) is 5.39. The summed E-state index contributed by atoms with van der Waals surface area (Å²) in [6.07, 6.45) is 10.2. The number of rotatable bonds is 3. The normalized spacial score (nSPS) is 16.9. The molecule has 0 unspecified atom stereocenters. The summed E-state index contributed by atoms with van der Waals surface area (Å²) in [7, 11) is 0. The first kappa shape index (κ1) is 40.2. The highest BCUT2D eigenvalue weighted by Crippen LogP contribution is 2.49. The van der Waals surface area contributed by atoms with Crippen LogP contribution in [-0.4, -0.2) is 6.71 Å². The lowest BCUT2D eigenvalue weighted by Gasteiger charge is -2.45. The predicted octanol–water partition coefficient (Wildman–Crippen LogP) is 13.8. The summed E-state index contributed by atoms with van der Waals surface area (Å²) in [5, 5.41) is 0. The van der Waals surface area contributed by atoms with Gasteiger partial charge in [0.15, 0.2) is 0 Å². The van der Waals surface area contributed by atoms with Crippen molar-refractivity contribution in [3.8, 4) is 0 Å². The van der Waals surface area contributed by atoms with Gasteiger partial charge in [-0.3, -0.25) is 0 Å². The van der Waals surface area contributed by atoms with Gasteiger partial charge >= 0.3 is 0 Å². The molecule has 9 rings (SSSR count). The number of hydrogen-bond donors (Lipinski definition) is 0. The van der Waals surface area contributed by atoms with E-state index in [0.29, 0.717) is 5.92 Å². The van der Waals surface area contributed by atoms with Crippen LogP contribution in [0.25, 0.3) is 0 Å². The van der Waals surface area contributed by atoms with Crippen molar-refractivity contribution in [3.63, 3.8) is 0 Å². The molecule has 0 radical (unpaired) electrons. The van der Waals surface area contributed by atoms with Crippen LogP contribution in [0.15, 0.2) is 78.9 Å². The molecule has 2 aliphatic carbocycles. The number of anilines is 6. The van der Waals surface area contributed by atoms with Crippen molar-refractivity contribution in [1.29, 1.82) is 0 Å². The zero-order valence-electron chi connectivity index (χ0n) is 38.7. The van der Waals surface area contributed by atoms with Crippen molar-refractivity contribution in [2.75, 3.05) is 9.80 Å². The zero-order valence-corrected chi connectivity index (χ0v) is 38.7. The van der Waals surface area contributed by atoms with E-state index in [0.717, 1.165) is 6.42 Å². The largest absolute Gasteiger partial charge is 0.311 e. The Balaban J connectivity index is 1.39. The Labute approximate surface area is 357 Å². The second-order valence-corrected chi connectivity index (χ2v) is 23.0. The third kappa shape index (κ3) is 7.07. The van der Waals surface area contributed by atoms with Crippen LogP contribution >= 0.6 is 0 Å². The van der Waals surface area contributed by atoms with Crippen LogP contribution in [0.2, 0.25) is 0 Å². The molecule has 5 aromatic carbocycles. The summed E-state index contributed by atoms with van der Waals surface area (Å²) in [6, 6.07) is 33.0. The van der Waals surface area contributed by atoms with E-state index in [1.807, 2.05) is 0 Å². The maximum atomic E-state index is 2.71. The van der Waals surface area contributed by atoms with Crippen LogP contribution in [0, 0.1) is 6.92 Å². The molecule has 306 valence electrons. The Hall–Kier alpha value is -4.24. The first-order valence-electron chi connectivity index (χ1n) is 23.0. The topological polar surface area (TPSA) is 6.48 Å². The molecule has 0 amide bonds. The number of hydrogen-bond acceptors (Lipinski definition) is 2. The van der Waals surface area contributed by atoms with Gasteiger partial charge in [-0.1, -0.05) is 133 Å². The predicted molar refractivity (Wildman–Crippen MR) is 258 cm³/mol. The molecule has 3 heteroatoms. The molecule has 4 aliphatic rings. The highest BCUT2D eigenvalue weighted by molar-refractivity contribution is 7.00. The number of benzene rings is 5. The van der Waals surface area contributed by atoms with Crippen LogP contribution in [0.5, 0.6) is 0 Å². The van der Waals surface area contributed by atoms with E-state index >= 15 is 0 Å². The van der Waals surface area contributed by atoms with Gasteiger partial charge in [0, 0.05) is 34.1 Å². The fourth-order valence-corrected chi connectivity index (χ4v) is 10.7. The minimum absolute atomic E-state index is 0.00604. The quantitative estimate of drug-likeness (QED) is 0.165. The van der Waals surface area contributed by atoms with Gasteiger partial charge in [0.1, 0.15) is 0 Å². The van der Waals surface area contributed by atoms with Crippen LogP contribution in [0.4, 0.5) is 34.1 Å². The Bertz CT molecular complexity index is 2400. The van der Waals surface area contributed by atoms with Crippen molar-refractivity contribution >= 4 is 57.2 Å². The summed E-state index contributed by atoms with van der Waals surface area (Å²) in [6.45, 7) is 30.9. The molecule has 0 spiro atoms. The lowest BCUT2D eigenvalue weighted by atomic mass is 9.33. The summed E-state index contributed by atoms with van der Waals surface area (Å²) in [5.41, 5.74) is 23.8. The molecule has 1 fully saturated rings. The lowest BCUT2D eigenvalue weighted by Crippen LogP contribution is -2.61. The maximum absolute atomic E-state index is 2.71. The van der Waals surface area contributed by atoms with E-state index in [1.165, 1.54) is 134 Å². The van der Waals surface area contributed by atoms with Gasteiger partial charge in [0.2, 0.25) is 0 Å². The molecule has 0 N–H and O–H groups in total. The van der Waals surface area contributed by atoms with Crippen LogP contribution in [0.3, 0.4) is 0 Å². The summed E-state index contributed by atoms with van der Waals surface area (Å²) in [5.74, 6) is 0.626. The van der Waals surface area contributed by atoms with Gasteiger partial charge in [-0.2, -0.15) is 0 Å². The van der Waals surface area contributed by atoms with Gasteiger partial charge in [-0.05, 0) is 176 Å². The van der Waals surface area contributed by atoms with E-state index in [1.54, 1.807) is 5.56 Å². The van der Waals surface area contributed by atoms with Gasteiger partial charge in [0.25, 0.3) is 6.71 Å². The molecule has 0 atom stereocenters. The van der Waals surface area contributed by atoms with E-state index in [-0.39, 0.29) is 28.4 Å². The van der Waals surface area contributed by atoms with Gasteiger partial charge < -0.3 is 9.80 Å². The van der Waals surface area contributed by atoms with Gasteiger partial charge in [-0.15, -0.1) is 0 Å². The van der Waals surface area contributed by atoms with E-state index in [9.17, 15) is 0 Å². The Kier molecular flexibility index (Phi) is 9.47. The van der Waals surface area contributed by atoms with E-state index in [4.69, 9.17) is 0 Å². The monoisotopic (exact) mass is 781 g/mol. The average Bonchev–Trinajstić information content (AvgIpc) is 3.63. The van der Waals surface area contributed by atoms with Crippen molar-refractivity contribution in [1.82, 2.24) is 0 Å². The second kappa shape index (κ2) is 13.9. The zero-order chi connectivity index (χ0) is 42.0. The maximum Gasteiger partial charge on any atom is 0.252 e. The van der Waals surface area contributed by atoms with Crippen LogP contribution in [-0.2, 0) is 34.5 Å². The third-order valence-corrected chi connectivity index (χ3v) is 14.3. The molecule has 59 heavy (non-hydrogen) atoms. The molecule has 0 aromatic heterocycles. The molecule has 2 nitrogen and oxygen atoms in total. The second-order valence-electron chi connectivity index (χ2n) is 23.0. The van der Waals surface area contributed by atoms with Crippen molar-refractivity contribution in [2.24, 2.45) is 0 Å². The van der Waals surface area contributed by atoms with Crippen molar-refractivity contribution in [2.45, 2.75) is 169 Å². The van der Waals surface area contributed by atoms with E-state index in [2.05, 4.69) is 179 Å². The standard InChI is InChI=1S/C56H69BN2/c1-35-24-50-52-51(25-35)59(45-33-42(55(8,9)10)30-43(34-45)56(11,12)13)49-27-38-21-17-20-37(38)26-47(49)57(52)46-23-22-39(36-18-15-14-16-19-36)28-48(46)58(50)44-31-40(53(2,3)4)29-41(32-44)54(5,6)7/h22-34,36H,14-21H2,1-13H3. The molecule has 5 aromatic rings. The van der Waals surface area contributed by atoms with Gasteiger partial charge in [0.05, 0.1) is 0 Å². The number of nitrogens with zero attached hydrogens (tertiary/aromatic N) is 2. The molecule has 2 heterocycles. The fraction of sp³-hybridized carbons (Fsp3) is 0.464. The Morgan fingerprint density at radius 2 is 0.915 bits per heavy atom. The first-order valence-corrected chi connectivity index (χ1v) is 23.0. The van der Waals surface area contributed by atoms with Gasteiger partial charge in [-0.25, -0.2) is 0 Å². The lowest BCUT2D eigenvalue weighted by molar-refractivity contribution is 0.444. The smallest absolute Gasteiger partial charge is 0.252 e. The van der Waals surface area contributed by atoms with Crippen LogP contribution in [0.1, 0.15) is 172 Å². The highest BCUT2D eigenvalue weighted by atomic mass is 15.2. The molecule has 2 aliphatic heterocycles. The SMILES string of the molecule is Cc1cc2c3c(c1)N(c1cc(C(C)(C)C)cc(C(C)(C)C)c1)c1cc4c(cc1B3c1ccc(C3CCCCC3)cc1N2c1cc(C(C)(C)C)cc(C(C)(C)C)c1)CCC4. The fourth-order valence-electron chi connectivity index (χ4n) is 10.7. The van der Waals surface area contributed by atoms with Crippen molar-refractivity contribution < 1.29 is 0 Å². The Morgan fingerprint density at radius 3 is 1.39 bits per heavy atom. The minimum Gasteiger partial charge on any atom is -0.311 e. The van der Waals surface area contributed by atoms with Crippen molar-refractivity contribution in [3.05, 3.63) is 123 Å². The first-order chi connectivity index (χ1) is 27.7. The molecular weight excluding hydrogens is 711 g/mol. The Morgan fingerprint density at radius 1 is 0.458 bits per heavy atom. The van der Waals surface area contributed by atoms with Crippen LogP contribution < -0.4 is 26.2 Å². The number of fused-ring (bicyclic) bond motifs is 5. The average molecular weight is 781 g/mol. The molecule has 0 bridgehead atoms. The minimum atomic E-state index is 0.00604. The summed E-state index contributed by atoms with van der Waals surface area (Å²) >= 11 is 0. The molecule has 0 saturated heterocycles. The molecular formula is C56H69BN2. The highest BCUT2D eigenvalue weighted by Gasteiger charge is 2.45. The number of aryl methyl sites for hydroxylation is 3. The molecule has 1 saturated carbocycles. The summed E-state index contributed by atoms with van der Waals surface area (Å²) < 4.78 is 0. The van der Waals surface area contributed by atoms with E-state index < -0.39 is 0 Å². The third-order valence-electron chi connectivity index (χ3n) is 14.3.